The van der Waals surface area contributed by atoms with Crippen molar-refractivity contribution >= 4 is 14.0 Å². The predicted molar refractivity (Wildman–Crippen MR) is 205 cm³/mol. The maximum Gasteiger partial charge on any atom is 0.514 e. The van der Waals surface area contributed by atoms with Crippen molar-refractivity contribution in [3.63, 3.8) is 0 Å². The molecular weight excluding hydrogens is 923 g/mol. The van der Waals surface area contributed by atoms with Crippen LogP contribution in [0.4, 0.5) is 48.7 Å². The van der Waals surface area contributed by atoms with Crippen molar-refractivity contribution in [2.75, 3.05) is 20.3 Å². The summed E-state index contributed by atoms with van der Waals surface area (Å²) in [4.78, 5) is 31.2. The van der Waals surface area contributed by atoms with Gasteiger partial charge in [-0.3, -0.25) is 4.52 Å². The SMILES string of the molecule is COc1cc(F)c(C(C)C)cc1-c1ccc(C(F)(F)F)cc1C[NH2+][C@@H](C)[C@H](OC(=O)Oc1ccc(OCCOP(=O)(O)O)cc1OC(C)C)c1cc(C(F)(F)F)cc(C(F)(F)F)c1.[Cl-]. The molecule has 4 aromatic rings. The normalized spacial score (nSPS) is 13.3. The smallest absolute Gasteiger partial charge is 0.514 e. The first kappa shape index (κ1) is 53.5. The molecule has 2 atom stereocenters. The van der Waals surface area contributed by atoms with E-state index in [0.29, 0.717) is 12.1 Å². The summed E-state index contributed by atoms with van der Waals surface area (Å²) in [5.41, 5.74) is -4.97. The van der Waals surface area contributed by atoms with E-state index in [9.17, 15) is 53.3 Å². The van der Waals surface area contributed by atoms with Crippen LogP contribution in [-0.2, 0) is 38.9 Å². The van der Waals surface area contributed by atoms with Gasteiger partial charge in [0.25, 0.3) is 0 Å². The average molecular weight is 966 g/mol. The van der Waals surface area contributed by atoms with Crippen LogP contribution < -0.4 is 36.7 Å². The van der Waals surface area contributed by atoms with Crippen LogP contribution in [0.5, 0.6) is 23.0 Å². The van der Waals surface area contributed by atoms with E-state index in [4.69, 9.17) is 33.5 Å². The van der Waals surface area contributed by atoms with E-state index >= 15 is 0 Å². The van der Waals surface area contributed by atoms with Crippen molar-refractivity contribution in [2.45, 2.75) is 83.9 Å². The molecule has 0 bridgehead atoms. The first-order chi connectivity index (χ1) is 29.1. The van der Waals surface area contributed by atoms with Gasteiger partial charge in [-0.1, -0.05) is 19.9 Å². The molecule has 0 aliphatic carbocycles. The Bertz CT molecular complexity index is 2250. The van der Waals surface area contributed by atoms with Crippen LogP contribution >= 0.6 is 7.82 Å². The molecule has 0 heterocycles. The summed E-state index contributed by atoms with van der Waals surface area (Å²) in [5.74, 6) is -1.60. The third-order valence-electron chi connectivity index (χ3n) is 9.10. The highest BCUT2D eigenvalue weighted by Gasteiger charge is 2.40. The Labute approximate surface area is 366 Å². The fourth-order valence-corrected chi connectivity index (χ4v) is 6.51. The topological polar surface area (TPSA) is 147 Å². The van der Waals surface area contributed by atoms with E-state index < -0.39 is 92.0 Å². The van der Waals surface area contributed by atoms with Crippen LogP contribution in [0.25, 0.3) is 11.1 Å². The first-order valence-electron chi connectivity index (χ1n) is 18.8. The standard InChI is InChI=1S/C41H42F10NO10P.ClH/c1-21(2)31-18-32(35(57-6)19-33(31)42)30-9-7-26(39(43,44)45)15-25(30)20-52-23(5)37(24-13-27(40(46,47)48)16-28(14-24)41(49,50)51)62-38(53)61-34-10-8-29(17-36(34)60-22(3)4)58-11-12-59-63(54,55)56;/h7-10,13-19,21-23,37,52H,11-12,20H2,1-6H3,(H2,54,55,56);1H/t23-,37-;/m0./s1. The summed E-state index contributed by atoms with van der Waals surface area (Å²) in [6, 6.07) is 7.84. The van der Waals surface area contributed by atoms with Gasteiger partial charge in [0.2, 0.25) is 0 Å². The van der Waals surface area contributed by atoms with E-state index in [1.165, 1.54) is 37.5 Å². The number of hydrogen-bond donors (Lipinski definition) is 3. The minimum absolute atomic E-state index is 0. The molecule has 0 aliphatic heterocycles. The number of ether oxygens (including phenoxy) is 5. The molecule has 0 fully saturated rings. The molecule has 23 heteroatoms. The molecule has 0 saturated carbocycles. The van der Waals surface area contributed by atoms with Gasteiger partial charge in [-0.15, -0.1) is 0 Å². The number of carbonyl (C=O) groups excluding carboxylic acids is 1. The molecule has 0 saturated heterocycles. The Balaban J connectivity index is 0.0000109. The van der Waals surface area contributed by atoms with E-state index in [0.717, 1.165) is 30.3 Å². The minimum Gasteiger partial charge on any atom is -1.00 e. The summed E-state index contributed by atoms with van der Waals surface area (Å²) in [7, 11) is -3.59. The Kier molecular flexibility index (Phi) is 18.0. The molecule has 0 unspecified atom stereocenters. The lowest BCUT2D eigenvalue weighted by molar-refractivity contribution is -0.708. The monoisotopic (exact) mass is 965 g/mol. The summed E-state index contributed by atoms with van der Waals surface area (Å²) in [6.45, 7) is 6.41. The molecule has 64 heavy (non-hydrogen) atoms. The van der Waals surface area contributed by atoms with Crippen molar-refractivity contribution in [3.05, 3.63) is 106 Å². The van der Waals surface area contributed by atoms with Crippen LogP contribution in [-0.4, -0.2) is 48.4 Å². The fourth-order valence-electron chi connectivity index (χ4n) is 6.20. The number of carbonyl (C=O) groups is 1. The average Bonchev–Trinajstić information content (AvgIpc) is 3.16. The van der Waals surface area contributed by atoms with Gasteiger partial charge in [0.05, 0.1) is 36.5 Å². The zero-order valence-corrected chi connectivity index (χ0v) is 36.3. The Morgan fingerprint density at radius 1 is 0.734 bits per heavy atom. The van der Waals surface area contributed by atoms with Crippen LogP contribution in [0, 0.1) is 5.82 Å². The van der Waals surface area contributed by atoms with Crippen molar-refractivity contribution < 1.29 is 109 Å². The van der Waals surface area contributed by atoms with Gasteiger partial charge in [-0.25, -0.2) is 13.8 Å². The highest BCUT2D eigenvalue weighted by molar-refractivity contribution is 7.46. The molecule has 4 aromatic carbocycles. The highest BCUT2D eigenvalue weighted by atomic mass is 35.5. The van der Waals surface area contributed by atoms with Crippen LogP contribution in [0.15, 0.2) is 66.7 Å². The number of hydrogen-bond acceptors (Lipinski definition) is 8. The van der Waals surface area contributed by atoms with E-state index in [1.54, 1.807) is 27.7 Å². The lowest BCUT2D eigenvalue weighted by Crippen LogP contribution is -3.00. The number of nitrogens with two attached hydrogens (primary N) is 1. The molecule has 0 aromatic heterocycles. The number of quaternary nitrogens is 1. The number of phosphoric acid groups is 1. The van der Waals surface area contributed by atoms with Gasteiger partial charge in [0.15, 0.2) is 17.6 Å². The molecule has 11 nitrogen and oxygen atoms in total. The van der Waals surface area contributed by atoms with Crippen LogP contribution in [0.1, 0.15) is 80.0 Å². The fraction of sp³-hybridized carbons (Fsp3) is 0.390. The number of halogens is 11. The van der Waals surface area contributed by atoms with Gasteiger partial charge in [0.1, 0.15) is 36.5 Å². The molecule has 0 spiro atoms. The van der Waals surface area contributed by atoms with Crippen LogP contribution in [0.3, 0.4) is 0 Å². The first-order valence-corrected chi connectivity index (χ1v) is 20.3. The van der Waals surface area contributed by atoms with Gasteiger partial charge >= 0.3 is 32.5 Å². The molecule has 0 radical (unpaired) electrons. The summed E-state index contributed by atoms with van der Waals surface area (Å²) < 4.78 is 184. The van der Waals surface area contributed by atoms with Crippen LogP contribution in [0.2, 0.25) is 0 Å². The van der Waals surface area contributed by atoms with E-state index in [-0.39, 0.29) is 76.3 Å². The van der Waals surface area contributed by atoms with E-state index in [2.05, 4.69) is 4.52 Å². The summed E-state index contributed by atoms with van der Waals surface area (Å²) in [5, 5.41) is 1.22. The molecule has 0 aliphatic rings. The zero-order valence-electron chi connectivity index (χ0n) is 34.6. The quantitative estimate of drug-likeness (QED) is 0.0323. The number of methoxy groups -OCH3 is 1. The lowest BCUT2D eigenvalue weighted by atomic mass is 9.92. The third-order valence-corrected chi connectivity index (χ3v) is 9.61. The maximum absolute atomic E-state index is 15.0. The number of rotatable bonds is 17. The zero-order chi connectivity index (χ0) is 47.2. The minimum atomic E-state index is -5.32. The van der Waals surface area contributed by atoms with Gasteiger partial charge in [-0.05, 0) is 91.9 Å². The third kappa shape index (κ3) is 14.9. The second-order valence-electron chi connectivity index (χ2n) is 14.6. The van der Waals surface area contributed by atoms with Crippen molar-refractivity contribution in [2.24, 2.45) is 0 Å². The number of phosphoric ester groups is 1. The maximum atomic E-state index is 15.0. The van der Waals surface area contributed by atoms with Gasteiger partial charge < -0.3 is 51.2 Å². The molecule has 4 rings (SSSR count). The van der Waals surface area contributed by atoms with Gasteiger partial charge in [-0.2, -0.15) is 39.5 Å². The largest absolute Gasteiger partial charge is 1.00 e. The molecule has 354 valence electrons. The molecular formula is C41H43ClF10NO10P. The molecule has 4 N–H and O–H groups in total. The second-order valence-corrected chi connectivity index (χ2v) is 15.8. The Morgan fingerprint density at radius 2 is 1.34 bits per heavy atom. The number of benzene rings is 4. The van der Waals surface area contributed by atoms with Crippen molar-refractivity contribution in [1.29, 1.82) is 0 Å². The molecule has 0 amide bonds. The lowest BCUT2D eigenvalue weighted by Gasteiger charge is -2.25. The Hall–Kier alpha value is -4.79. The number of alkyl halides is 9. The van der Waals surface area contributed by atoms with Gasteiger partial charge in [0, 0.05) is 23.3 Å². The van der Waals surface area contributed by atoms with Crippen molar-refractivity contribution in [3.8, 4) is 34.1 Å². The highest BCUT2D eigenvalue weighted by Crippen LogP contribution is 2.42. The summed E-state index contributed by atoms with van der Waals surface area (Å²) >= 11 is 0. The summed E-state index contributed by atoms with van der Waals surface area (Å²) in [6.07, 6.45) is -19.7. The van der Waals surface area contributed by atoms with E-state index in [1.807, 2.05) is 0 Å². The van der Waals surface area contributed by atoms with Crippen molar-refractivity contribution in [1.82, 2.24) is 0 Å². The predicted octanol–water partition coefficient (Wildman–Crippen LogP) is 7.37. The Morgan fingerprint density at radius 3 is 1.88 bits per heavy atom. The second kappa shape index (κ2) is 21.5.